The Labute approximate surface area is 101 Å². The first-order valence-electron chi connectivity index (χ1n) is 5.64. The molecule has 1 heterocycles. The van der Waals surface area contributed by atoms with E-state index in [9.17, 15) is 0 Å². The summed E-state index contributed by atoms with van der Waals surface area (Å²) in [6.45, 7) is 6.48. The summed E-state index contributed by atoms with van der Waals surface area (Å²) in [5.41, 5.74) is 6.65. The Morgan fingerprint density at radius 2 is 2.38 bits per heavy atom. The van der Waals surface area contributed by atoms with E-state index in [-0.39, 0.29) is 0 Å². The first-order valence-corrected chi connectivity index (χ1v) is 6.52. The van der Waals surface area contributed by atoms with Gasteiger partial charge in [-0.1, -0.05) is 6.92 Å². The molecule has 4 nitrogen and oxygen atoms in total. The number of ether oxygens (including phenoxy) is 1. The molecule has 0 amide bonds. The van der Waals surface area contributed by atoms with Crippen LogP contribution >= 0.6 is 11.3 Å². The number of rotatable bonds is 8. The fourth-order valence-electron chi connectivity index (χ4n) is 1.46. The van der Waals surface area contributed by atoms with E-state index in [1.807, 2.05) is 0 Å². The van der Waals surface area contributed by atoms with Gasteiger partial charge in [0.1, 0.15) is 0 Å². The third-order valence-corrected chi connectivity index (χ3v) is 3.36. The summed E-state index contributed by atoms with van der Waals surface area (Å²) >= 11 is 1.70. The smallest absolute Gasteiger partial charge is 0.0941 e. The lowest BCUT2D eigenvalue weighted by Gasteiger charge is -2.18. The number of methoxy groups -OCH3 is 1. The van der Waals surface area contributed by atoms with Gasteiger partial charge >= 0.3 is 0 Å². The molecule has 0 saturated heterocycles. The van der Waals surface area contributed by atoms with Crippen molar-refractivity contribution in [2.24, 2.45) is 5.73 Å². The molecule has 0 saturated carbocycles. The molecular weight excluding hydrogens is 222 g/mol. The molecule has 0 fully saturated rings. The van der Waals surface area contributed by atoms with Crippen LogP contribution in [-0.4, -0.2) is 43.2 Å². The fraction of sp³-hybridized carbons (Fsp3) is 0.727. The van der Waals surface area contributed by atoms with Crippen molar-refractivity contribution in [2.75, 3.05) is 33.4 Å². The summed E-state index contributed by atoms with van der Waals surface area (Å²) in [7, 11) is 1.73. The van der Waals surface area contributed by atoms with Crippen LogP contribution in [0.4, 0.5) is 0 Å². The molecule has 5 heteroatoms. The predicted molar refractivity (Wildman–Crippen MR) is 67.7 cm³/mol. The average Bonchev–Trinajstić information content (AvgIpc) is 2.72. The van der Waals surface area contributed by atoms with E-state index in [0.717, 1.165) is 43.4 Å². The molecule has 1 aromatic heterocycles. The van der Waals surface area contributed by atoms with Gasteiger partial charge in [-0.15, -0.1) is 11.3 Å². The average molecular weight is 243 g/mol. The zero-order valence-corrected chi connectivity index (χ0v) is 10.9. The lowest BCUT2D eigenvalue weighted by atomic mass is 10.4. The lowest BCUT2D eigenvalue weighted by molar-refractivity contribution is 0.147. The number of likely N-dealkylation sites (N-methyl/N-ethyl adjacent to an activating group) is 1. The van der Waals surface area contributed by atoms with E-state index in [4.69, 9.17) is 10.5 Å². The molecule has 0 bridgehead atoms. The molecule has 16 heavy (non-hydrogen) atoms. The van der Waals surface area contributed by atoms with Gasteiger partial charge in [-0.2, -0.15) is 0 Å². The zero-order valence-electron chi connectivity index (χ0n) is 10.1. The van der Waals surface area contributed by atoms with E-state index >= 15 is 0 Å². The maximum atomic E-state index is 5.50. The highest BCUT2D eigenvalue weighted by atomic mass is 32.1. The number of nitrogens with two attached hydrogens (primary N) is 1. The van der Waals surface area contributed by atoms with Gasteiger partial charge in [-0.25, -0.2) is 4.98 Å². The van der Waals surface area contributed by atoms with E-state index < -0.39 is 0 Å². The molecule has 0 atom stereocenters. The summed E-state index contributed by atoms with van der Waals surface area (Å²) in [6.07, 6.45) is 0.884. The number of thiazole rings is 1. The molecule has 0 aliphatic carbocycles. The van der Waals surface area contributed by atoms with Crippen LogP contribution in [0.3, 0.4) is 0 Å². The summed E-state index contributed by atoms with van der Waals surface area (Å²) in [5, 5.41) is 3.26. The maximum Gasteiger partial charge on any atom is 0.0941 e. The first kappa shape index (κ1) is 13.6. The van der Waals surface area contributed by atoms with Crippen LogP contribution in [0.15, 0.2) is 5.38 Å². The quantitative estimate of drug-likeness (QED) is 0.743. The van der Waals surface area contributed by atoms with Crippen LogP contribution in [0.25, 0.3) is 0 Å². The van der Waals surface area contributed by atoms with Crippen LogP contribution < -0.4 is 5.73 Å². The minimum absolute atomic E-state index is 0.675. The topological polar surface area (TPSA) is 51.4 Å². The molecule has 2 N–H and O–H groups in total. The van der Waals surface area contributed by atoms with Crippen LogP contribution in [0.1, 0.15) is 17.6 Å². The number of hydrogen-bond donors (Lipinski definition) is 1. The molecule has 92 valence electrons. The van der Waals surface area contributed by atoms with Crippen molar-refractivity contribution < 1.29 is 4.74 Å². The van der Waals surface area contributed by atoms with Crippen molar-refractivity contribution >= 4 is 11.3 Å². The maximum absolute atomic E-state index is 5.50. The molecule has 0 spiro atoms. The van der Waals surface area contributed by atoms with Gasteiger partial charge in [0.15, 0.2) is 0 Å². The molecule has 1 rings (SSSR count). The summed E-state index contributed by atoms with van der Waals surface area (Å²) < 4.78 is 5.08. The van der Waals surface area contributed by atoms with Crippen LogP contribution in [0.5, 0.6) is 0 Å². The van der Waals surface area contributed by atoms with E-state index in [2.05, 4.69) is 22.2 Å². The van der Waals surface area contributed by atoms with Crippen molar-refractivity contribution in [1.82, 2.24) is 9.88 Å². The fourth-order valence-corrected chi connectivity index (χ4v) is 2.26. The van der Waals surface area contributed by atoms with Gasteiger partial charge < -0.3 is 10.5 Å². The monoisotopic (exact) mass is 243 g/mol. The second-order valence-electron chi connectivity index (χ2n) is 3.63. The molecule has 1 aromatic rings. The zero-order chi connectivity index (χ0) is 11.8. The molecule has 0 aliphatic rings. The molecular formula is C11H21N3OS. The Hall–Kier alpha value is -0.490. The molecule has 0 aromatic carbocycles. The van der Waals surface area contributed by atoms with Crippen LogP contribution in [0, 0.1) is 0 Å². The standard InChI is InChI=1S/C11H21N3OS/c1-3-14(6-7-15-2)8-10-9-16-11(13-10)4-5-12/h9H,3-8,12H2,1-2H3. The third-order valence-electron chi connectivity index (χ3n) is 2.40. The summed E-state index contributed by atoms with van der Waals surface area (Å²) in [6, 6.07) is 0. The highest BCUT2D eigenvalue weighted by Gasteiger charge is 2.06. The Kier molecular flexibility index (Phi) is 6.56. The minimum atomic E-state index is 0.675. The van der Waals surface area contributed by atoms with E-state index in [1.54, 1.807) is 18.4 Å². The molecule has 0 aliphatic heterocycles. The first-order chi connectivity index (χ1) is 7.80. The van der Waals surface area contributed by atoms with Gasteiger partial charge in [-0.3, -0.25) is 4.90 Å². The van der Waals surface area contributed by atoms with Crippen molar-refractivity contribution in [2.45, 2.75) is 19.9 Å². The van der Waals surface area contributed by atoms with Gasteiger partial charge in [0.25, 0.3) is 0 Å². The SMILES string of the molecule is CCN(CCOC)Cc1csc(CCN)n1. The van der Waals surface area contributed by atoms with Crippen molar-refractivity contribution in [3.05, 3.63) is 16.1 Å². The normalized spacial score (nSPS) is 11.2. The third kappa shape index (κ3) is 4.57. The number of hydrogen-bond acceptors (Lipinski definition) is 5. The predicted octanol–water partition coefficient (Wildman–Crippen LogP) is 1.11. The van der Waals surface area contributed by atoms with Crippen LogP contribution in [-0.2, 0) is 17.7 Å². The molecule has 0 radical (unpaired) electrons. The van der Waals surface area contributed by atoms with Crippen molar-refractivity contribution in [3.8, 4) is 0 Å². The summed E-state index contributed by atoms with van der Waals surface area (Å²) in [4.78, 5) is 6.88. The summed E-state index contributed by atoms with van der Waals surface area (Å²) in [5.74, 6) is 0. The Morgan fingerprint density at radius 1 is 1.56 bits per heavy atom. The second kappa shape index (κ2) is 7.73. The minimum Gasteiger partial charge on any atom is -0.383 e. The highest BCUT2D eigenvalue weighted by Crippen LogP contribution is 2.11. The van der Waals surface area contributed by atoms with Crippen LogP contribution in [0.2, 0.25) is 0 Å². The largest absolute Gasteiger partial charge is 0.383 e. The number of aromatic nitrogens is 1. The molecule has 0 unspecified atom stereocenters. The van der Waals surface area contributed by atoms with E-state index in [0.29, 0.717) is 6.54 Å². The Morgan fingerprint density at radius 3 is 3.00 bits per heavy atom. The van der Waals surface area contributed by atoms with Gasteiger partial charge in [0.05, 0.1) is 17.3 Å². The van der Waals surface area contributed by atoms with Crippen molar-refractivity contribution in [3.63, 3.8) is 0 Å². The van der Waals surface area contributed by atoms with Gasteiger partial charge in [0.2, 0.25) is 0 Å². The van der Waals surface area contributed by atoms with Gasteiger partial charge in [-0.05, 0) is 13.1 Å². The Balaban J connectivity index is 2.43. The second-order valence-corrected chi connectivity index (χ2v) is 4.58. The number of nitrogens with zero attached hydrogens (tertiary/aromatic N) is 2. The van der Waals surface area contributed by atoms with Crippen molar-refractivity contribution in [1.29, 1.82) is 0 Å². The van der Waals surface area contributed by atoms with Gasteiger partial charge in [0, 0.05) is 32.0 Å². The van der Waals surface area contributed by atoms with E-state index in [1.165, 1.54) is 0 Å². The highest BCUT2D eigenvalue weighted by molar-refractivity contribution is 7.09. The lowest BCUT2D eigenvalue weighted by Crippen LogP contribution is -2.26. The Bertz CT molecular complexity index is 291.